The Morgan fingerprint density at radius 1 is 0.384 bits per heavy atom. The molecule has 0 aliphatic heterocycles. The van der Waals surface area contributed by atoms with Gasteiger partial charge in [-0.2, -0.15) is 27.1 Å². The van der Waals surface area contributed by atoms with E-state index in [4.69, 9.17) is 43.6 Å². The number of phenolic OH excluding ortho intramolecular Hbond substituents is 3. The number of nitrogens with zero attached hydrogens (tertiary/aromatic N) is 4. The average Bonchev–Trinajstić information content (AvgIpc) is 0.748. The molecule has 29 nitrogen and oxygen atoms in total. The molecule has 0 spiro atoms. The molecule has 0 amide bonds. The van der Waals surface area contributed by atoms with Crippen LogP contribution < -0.4 is 16.4 Å². The molecule has 0 aromatic heterocycles. The molecule has 0 unspecified atom stereocenters. The zero-order chi connectivity index (χ0) is 81.9. The van der Waals surface area contributed by atoms with E-state index in [1.54, 1.807) is 97.9 Å². The zero-order valence-electron chi connectivity index (χ0n) is 59.4. The topological polar surface area (TPSA) is 469 Å². The van der Waals surface area contributed by atoms with Gasteiger partial charge in [-0.15, -0.1) is 48.1 Å². The van der Waals surface area contributed by atoms with Crippen LogP contribution >= 0.6 is 0 Å². The lowest BCUT2D eigenvalue weighted by molar-refractivity contribution is 0.0977. The van der Waals surface area contributed by atoms with Crippen molar-refractivity contribution in [3.05, 3.63) is 297 Å². The average molecular weight is 1610 g/mol. The van der Waals surface area contributed by atoms with Crippen molar-refractivity contribution < 1.29 is 97.6 Å². The summed E-state index contributed by atoms with van der Waals surface area (Å²) in [7, 11) is -14.7. The number of fused-ring (bicyclic) bond motifs is 6. The Bertz CT molecular complexity index is 6090. The predicted octanol–water partition coefficient (Wildman–Crippen LogP) is 14.5. The smallest absolute Gasteiger partial charge is 0.425 e. The first-order chi connectivity index (χ1) is 53.1. The minimum atomic E-state index is -3.90. The first kappa shape index (κ1) is 84.1. The van der Waals surface area contributed by atoms with E-state index in [1.807, 2.05) is 118 Å². The fourth-order valence-electron chi connectivity index (χ4n) is 11.2. The number of rotatable bonds is 12. The number of benzene rings is 12. The van der Waals surface area contributed by atoms with Gasteiger partial charge < -0.3 is 31.7 Å². The molecule has 0 heterocycles. The normalized spacial score (nSPS) is 11.6. The van der Waals surface area contributed by atoms with E-state index in [0.717, 1.165) is 53.2 Å². The summed E-state index contributed by atoms with van der Waals surface area (Å²) in [4.78, 5) is 51.5. The van der Waals surface area contributed by atoms with Crippen LogP contribution in [0.2, 0.25) is 0 Å². The van der Waals surface area contributed by atoms with Crippen LogP contribution in [0.25, 0.3) is 21.5 Å². The molecule has 0 radical (unpaired) electrons. The van der Waals surface area contributed by atoms with Crippen LogP contribution in [-0.4, -0.2) is 107 Å². The summed E-state index contributed by atoms with van der Waals surface area (Å²) in [6.07, 6.45) is 0. The third-order valence-corrected chi connectivity index (χ3v) is 18.8. The first-order valence-electron chi connectivity index (χ1n) is 32.4. The number of azo groups is 2. The third-order valence-electron chi connectivity index (χ3n) is 16.3. The van der Waals surface area contributed by atoms with E-state index < -0.39 is 52.1 Å². The maximum atomic E-state index is 13.0. The lowest BCUT2D eigenvalue weighted by Crippen LogP contribution is -2.22. The lowest BCUT2D eigenvalue weighted by Gasteiger charge is -2.21. The molecule has 572 valence electrons. The van der Waals surface area contributed by atoms with Gasteiger partial charge in [-0.25, -0.2) is 0 Å². The van der Waals surface area contributed by atoms with Gasteiger partial charge in [0.25, 0.3) is 20.2 Å². The summed E-state index contributed by atoms with van der Waals surface area (Å²) in [5, 5.41) is 57.0. The Balaban J connectivity index is 0.000000178. The summed E-state index contributed by atoms with van der Waals surface area (Å²) in [6, 6.07) is 66.4. The Morgan fingerprint density at radius 3 is 1.23 bits per heavy atom. The molecular formula is C78H63N7O22S5. The van der Waals surface area contributed by atoms with E-state index in [9.17, 15) is 51.3 Å². The van der Waals surface area contributed by atoms with Crippen molar-refractivity contribution in [1.29, 1.82) is 0 Å². The number of nitrogens with one attached hydrogen (secondary N) is 2. The second-order valence-corrected chi connectivity index (χ2v) is 28.4. The Hall–Kier alpha value is -13.5. The Labute approximate surface area is 644 Å². The van der Waals surface area contributed by atoms with Crippen molar-refractivity contribution in [2.45, 2.75) is 37.5 Å². The van der Waals surface area contributed by atoms with Crippen LogP contribution in [0.4, 0.5) is 51.2 Å². The monoisotopic (exact) mass is 1610 g/mol. The highest BCUT2D eigenvalue weighted by Gasteiger charge is 2.36. The molecule has 2 aliphatic rings. The number of nitrogen functional groups attached to an aromatic ring is 1. The van der Waals surface area contributed by atoms with E-state index in [-0.39, 0.29) is 83.8 Å². The van der Waals surface area contributed by atoms with Crippen molar-refractivity contribution in [2.24, 2.45) is 20.5 Å². The second kappa shape index (κ2) is 37.6. The number of carbonyl (C=O) groups excluding carboxylic acids is 4. The van der Waals surface area contributed by atoms with Crippen molar-refractivity contribution in [2.75, 3.05) is 30.6 Å². The summed E-state index contributed by atoms with van der Waals surface area (Å²) >= 11 is 0. The molecule has 34 heteroatoms. The Morgan fingerprint density at radius 2 is 0.786 bits per heavy atom. The number of nitrogens with two attached hydrogens (primary N) is 1. The van der Waals surface area contributed by atoms with Crippen molar-refractivity contribution in [1.82, 2.24) is 0 Å². The number of hydrogen-bond donors (Lipinski definition) is 6. The molecule has 0 saturated heterocycles. The number of aromatic hydroxyl groups is 3. The van der Waals surface area contributed by atoms with Crippen molar-refractivity contribution in [3.8, 4) is 17.2 Å². The van der Waals surface area contributed by atoms with Crippen LogP contribution in [0, 0.1) is 27.7 Å². The van der Waals surface area contributed by atoms with E-state index in [1.165, 1.54) is 42.0 Å². The van der Waals surface area contributed by atoms with Crippen LogP contribution in [0.5, 0.6) is 17.2 Å². The number of aryl methyl sites for hydroxylation is 4. The zero-order valence-corrected chi connectivity index (χ0v) is 63.5. The molecule has 0 saturated carbocycles. The van der Waals surface area contributed by atoms with Crippen molar-refractivity contribution >= 4 is 148 Å². The highest BCUT2D eigenvalue weighted by Crippen LogP contribution is 2.44. The van der Waals surface area contributed by atoms with E-state index in [2.05, 4.69) is 45.5 Å². The van der Waals surface area contributed by atoms with Gasteiger partial charge in [-0.1, -0.05) is 138 Å². The number of ketones is 4. The van der Waals surface area contributed by atoms with Gasteiger partial charge in [0.15, 0.2) is 28.9 Å². The minimum absolute atomic E-state index is 0.0563. The fraction of sp³-hybridized carbons (Fsp3) is 0.0769. The van der Waals surface area contributed by atoms with E-state index in [0.29, 0.717) is 61.3 Å². The number of anilines is 5. The highest BCUT2D eigenvalue weighted by molar-refractivity contribution is 7.87. The molecule has 2 aliphatic carbocycles. The van der Waals surface area contributed by atoms with Crippen LogP contribution in [-0.2, 0) is 60.4 Å². The summed E-state index contributed by atoms with van der Waals surface area (Å²) in [5.74, 6) is -1.73. The van der Waals surface area contributed by atoms with Gasteiger partial charge in [0, 0.05) is 50.1 Å². The standard InChI is InChI=1S/2C21H15NO3.C18H17N3O4S.C18H16N2O3S.3O3S/c2*1-12-6-8-13(9-7-12)22-16-10-11-17(23)19-18(16)20(24)14-4-2-3-5-15(14)21(19)25;1-11-8-12-9-14(26(23,24)25-2)10-15(19)16(12)18(22)17(11)21-20-13-6-4-3-5-7-13;1-13-6-11-17-14(12-13)4-3-5-18(17)20-19-15-7-9-16(10-8-15)24(21,22)23-2;3*1-4(2)3/h2*2-11,22-23H,1H3;3-10,22H,19H2,1-2H3;3-12H,1-2H3;;;. The maximum Gasteiger partial charge on any atom is 0.425 e. The lowest BCUT2D eigenvalue weighted by atomic mass is 9.82. The summed E-state index contributed by atoms with van der Waals surface area (Å²) < 4.78 is 132. The number of carbonyl (C=O) groups is 4. The number of hydrogen-bond acceptors (Lipinski definition) is 29. The second-order valence-electron chi connectivity index (χ2n) is 23.7. The molecule has 12 aromatic carbocycles. The number of phenols is 3. The van der Waals surface area contributed by atoms with Gasteiger partial charge in [-0.3, -0.25) is 27.5 Å². The van der Waals surface area contributed by atoms with Crippen LogP contribution in [0.15, 0.2) is 261 Å². The van der Waals surface area contributed by atoms with Gasteiger partial charge in [0.2, 0.25) is 0 Å². The van der Waals surface area contributed by atoms with Gasteiger partial charge >= 0.3 is 31.8 Å². The van der Waals surface area contributed by atoms with E-state index >= 15 is 0 Å². The van der Waals surface area contributed by atoms with Crippen molar-refractivity contribution in [3.63, 3.8) is 0 Å². The SMILES string of the molecule is COS(=O)(=O)c1cc(N)c2c(O)c(N=Nc3ccccc3)c(C)cc2c1.COS(=O)(=O)c1ccc(N=Nc2cccc3cc(C)ccc23)cc1.Cc1ccc(Nc2ccc(O)c3c2C(=O)c2ccccc2C3=O)cc1.Cc1ccc(Nc2ccc(O)c3c2C(=O)c2ccccc2C3=O)cc1.O=S(=O)=O.O=S(=O)=O.O=S(=O)=O. The summed E-state index contributed by atoms with van der Waals surface area (Å²) in [5.41, 5.74) is 16.9. The molecule has 7 N–H and O–H groups in total. The highest BCUT2D eigenvalue weighted by atomic mass is 32.2. The molecular weight excluding hydrogens is 1550 g/mol. The Kier molecular flexibility index (Phi) is 28.2. The molecule has 0 fully saturated rings. The van der Waals surface area contributed by atoms with Crippen LogP contribution in [0.3, 0.4) is 0 Å². The molecule has 0 atom stereocenters. The predicted molar refractivity (Wildman–Crippen MR) is 414 cm³/mol. The molecule has 12 aromatic rings. The largest absolute Gasteiger partial charge is 0.507 e. The minimum Gasteiger partial charge on any atom is -0.507 e. The molecule has 14 rings (SSSR count). The fourth-order valence-corrected chi connectivity index (χ4v) is 12.6. The van der Waals surface area contributed by atoms with Crippen LogP contribution in [0.1, 0.15) is 85.9 Å². The van der Waals surface area contributed by atoms with Gasteiger partial charge in [0.05, 0.1) is 74.7 Å². The molecule has 0 bridgehead atoms. The maximum absolute atomic E-state index is 13.0. The quantitative estimate of drug-likeness (QED) is 0.0286. The van der Waals surface area contributed by atoms with Gasteiger partial charge in [-0.05, 0) is 153 Å². The summed E-state index contributed by atoms with van der Waals surface area (Å²) in [6.45, 7) is 7.77. The third kappa shape index (κ3) is 21.3. The molecule has 112 heavy (non-hydrogen) atoms. The van der Waals surface area contributed by atoms with Gasteiger partial charge in [0.1, 0.15) is 17.2 Å². The first-order valence-corrected chi connectivity index (χ1v) is 38.2.